The predicted octanol–water partition coefficient (Wildman–Crippen LogP) is 2.68. The van der Waals surface area contributed by atoms with Crippen LogP contribution in [-0.4, -0.2) is 62.3 Å². The van der Waals surface area contributed by atoms with Crippen LogP contribution in [0.3, 0.4) is 0 Å². The van der Waals surface area contributed by atoms with E-state index >= 15 is 0 Å². The fourth-order valence-corrected chi connectivity index (χ4v) is 3.17. The molecular formula is C19H37N3O3. The highest BCUT2D eigenvalue weighted by Crippen LogP contribution is 2.18. The number of nitrogens with zero attached hydrogens (tertiary/aromatic N) is 2. The van der Waals surface area contributed by atoms with Crippen molar-refractivity contribution >= 4 is 11.9 Å². The van der Waals surface area contributed by atoms with Gasteiger partial charge in [-0.3, -0.25) is 9.79 Å². The van der Waals surface area contributed by atoms with Crippen molar-refractivity contribution in [1.82, 2.24) is 10.2 Å². The van der Waals surface area contributed by atoms with Crippen molar-refractivity contribution in [1.29, 1.82) is 0 Å². The quantitative estimate of drug-likeness (QED) is 0.391. The molecule has 1 heterocycles. The van der Waals surface area contributed by atoms with Gasteiger partial charge in [-0.1, -0.05) is 13.8 Å². The average molecular weight is 356 g/mol. The van der Waals surface area contributed by atoms with Gasteiger partial charge in [0, 0.05) is 32.8 Å². The van der Waals surface area contributed by atoms with E-state index in [9.17, 15) is 4.79 Å². The molecule has 1 aliphatic heterocycles. The number of carbonyl (C=O) groups is 1. The highest BCUT2D eigenvalue weighted by molar-refractivity contribution is 5.81. The summed E-state index contributed by atoms with van der Waals surface area (Å²) in [5, 5.41) is 3.36. The van der Waals surface area contributed by atoms with Crippen LogP contribution in [0.1, 0.15) is 53.9 Å². The monoisotopic (exact) mass is 355 g/mol. The number of rotatable bonds is 9. The molecular weight excluding hydrogens is 318 g/mol. The van der Waals surface area contributed by atoms with Crippen molar-refractivity contribution in [2.45, 2.75) is 60.0 Å². The van der Waals surface area contributed by atoms with Crippen LogP contribution in [0.4, 0.5) is 0 Å². The van der Waals surface area contributed by atoms with Gasteiger partial charge in [0.1, 0.15) is 0 Å². The summed E-state index contributed by atoms with van der Waals surface area (Å²) in [6.45, 7) is 14.7. The number of hydrogen-bond acceptors (Lipinski definition) is 4. The fraction of sp³-hybridized carbons (Fsp3) is 0.895. The maximum Gasteiger partial charge on any atom is 0.310 e. The molecule has 0 bridgehead atoms. The summed E-state index contributed by atoms with van der Waals surface area (Å²) in [6.07, 6.45) is 3.04. The molecule has 2 atom stereocenters. The van der Waals surface area contributed by atoms with E-state index in [1.165, 1.54) is 0 Å². The van der Waals surface area contributed by atoms with E-state index in [4.69, 9.17) is 14.5 Å². The number of nitrogens with one attached hydrogen (secondary N) is 1. The second-order valence-electron chi connectivity index (χ2n) is 6.80. The van der Waals surface area contributed by atoms with Crippen LogP contribution in [0, 0.1) is 11.8 Å². The normalized spacial score (nSPS) is 19.8. The first-order valence-electron chi connectivity index (χ1n) is 9.84. The molecule has 0 saturated carbocycles. The van der Waals surface area contributed by atoms with E-state index in [1.54, 1.807) is 0 Å². The predicted molar refractivity (Wildman–Crippen MR) is 102 cm³/mol. The molecule has 1 rings (SSSR count). The summed E-state index contributed by atoms with van der Waals surface area (Å²) in [5.41, 5.74) is 0. The second-order valence-corrected chi connectivity index (χ2v) is 6.80. The van der Waals surface area contributed by atoms with E-state index in [0.29, 0.717) is 19.1 Å². The Kier molecular flexibility index (Phi) is 10.5. The zero-order valence-corrected chi connectivity index (χ0v) is 16.7. The zero-order valence-electron chi connectivity index (χ0n) is 16.7. The molecule has 0 spiro atoms. The van der Waals surface area contributed by atoms with Gasteiger partial charge >= 0.3 is 5.97 Å². The van der Waals surface area contributed by atoms with Crippen LogP contribution in [0.5, 0.6) is 0 Å². The summed E-state index contributed by atoms with van der Waals surface area (Å²) in [7, 11) is 0. The summed E-state index contributed by atoms with van der Waals surface area (Å²) in [6, 6.07) is 0. The van der Waals surface area contributed by atoms with Crippen molar-refractivity contribution in [2.24, 2.45) is 16.8 Å². The molecule has 1 fully saturated rings. The van der Waals surface area contributed by atoms with Gasteiger partial charge in [0.05, 0.1) is 18.6 Å². The molecule has 25 heavy (non-hydrogen) atoms. The SMILES string of the molecule is CCNC(=NCCC(OCC)C(C)C)N1CCCC(C(=O)OCC)C1. The Bertz CT molecular complexity index is 413. The van der Waals surface area contributed by atoms with Crippen molar-refractivity contribution in [2.75, 3.05) is 39.4 Å². The molecule has 0 radical (unpaired) electrons. The van der Waals surface area contributed by atoms with Crippen LogP contribution < -0.4 is 5.32 Å². The van der Waals surface area contributed by atoms with Gasteiger partial charge in [0.2, 0.25) is 0 Å². The standard InChI is InChI=1S/C19H37N3O3/c1-6-20-19(21-12-11-17(15(4)5)24-7-2)22-13-9-10-16(14-22)18(23)25-8-3/h15-17H,6-14H2,1-5H3,(H,20,21). The fourth-order valence-electron chi connectivity index (χ4n) is 3.17. The molecule has 0 aromatic rings. The van der Waals surface area contributed by atoms with E-state index in [-0.39, 0.29) is 18.0 Å². The summed E-state index contributed by atoms with van der Waals surface area (Å²) >= 11 is 0. The van der Waals surface area contributed by atoms with Crippen LogP contribution in [-0.2, 0) is 14.3 Å². The lowest BCUT2D eigenvalue weighted by Gasteiger charge is -2.34. The lowest BCUT2D eigenvalue weighted by Crippen LogP contribution is -2.48. The number of esters is 1. The highest BCUT2D eigenvalue weighted by atomic mass is 16.5. The minimum Gasteiger partial charge on any atom is -0.466 e. The first-order valence-corrected chi connectivity index (χ1v) is 9.84. The van der Waals surface area contributed by atoms with Crippen LogP contribution in [0.2, 0.25) is 0 Å². The van der Waals surface area contributed by atoms with Crippen LogP contribution in [0.25, 0.3) is 0 Å². The maximum absolute atomic E-state index is 12.0. The van der Waals surface area contributed by atoms with Crippen molar-refractivity contribution in [3.8, 4) is 0 Å². The van der Waals surface area contributed by atoms with Gasteiger partial charge in [0.25, 0.3) is 0 Å². The first kappa shape index (κ1) is 21.7. The van der Waals surface area contributed by atoms with E-state index in [2.05, 4.69) is 31.0 Å². The molecule has 2 unspecified atom stereocenters. The molecule has 0 aromatic heterocycles. The molecule has 146 valence electrons. The Morgan fingerprint density at radius 3 is 2.64 bits per heavy atom. The van der Waals surface area contributed by atoms with E-state index in [0.717, 1.165) is 51.5 Å². The number of hydrogen-bond donors (Lipinski definition) is 1. The summed E-state index contributed by atoms with van der Waals surface area (Å²) < 4.78 is 11.0. The van der Waals surface area contributed by atoms with Gasteiger partial charge in [-0.05, 0) is 46.0 Å². The van der Waals surface area contributed by atoms with Gasteiger partial charge in [0.15, 0.2) is 5.96 Å². The Hall–Kier alpha value is -1.30. The van der Waals surface area contributed by atoms with Gasteiger partial charge in [-0.2, -0.15) is 0 Å². The summed E-state index contributed by atoms with van der Waals surface area (Å²) in [4.78, 5) is 19.0. The largest absolute Gasteiger partial charge is 0.466 e. The van der Waals surface area contributed by atoms with Gasteiger partial charge < -0.3 is 19.7 Å². The van der Waals surface area contributed by atoms with Crippen molar-refractivity contribution in [3.63, 3.8) is 0 Å². The Balaban J connectivity index is 2.65. The summed E-state index contributed by atoms with van der Waals surface area (Å²) in [5.74, 6) is 1.25. The molecule has 1 N–H and O–H groups in total. The zero-order chi connectivity index (χ0) is 18.7. The average Bonchev–Trinajstić information content (AvgIpc) is 2.60. The molecule has 0 amide bonds. The molecule has 0 aliphatic carbocycles. The van der Waals surface area contributed by atoms with Gasteiger partial charge in [-0.15, -0.1) is 0 Å². The number of aliphatic imine (C=N–C) groups is 1. The third-order valence-electron chi connectivity index (χ3n) is 4.48. The third kappa shape index (κ3) is 7.63. The number of carbonyl (C=O) groups excluding carboxylic acids is 1. The lowest BCUT2D eigenvalue weighted by atomic mass is 9.98. The Morgan fingerprint density at radius 1 is 1.28 bits per heavy atom. The Morgan fingerprint density at radius 2 is 2.04 bits per heavy atom. The minimum atomic E-state index is -0.0840. The third-order valence-corrected chi connectivity index (χ3v) is 4.48. The lowest BCUT2D eigenvalue weighted by molar-refractivity contribution is -0.149. The minimum absolute atomic E-state index is 0.0515. The van der Waals surface area contributed by atoms with Gasteiger partial charge in [-0.25, -0.2) is 0 Å². The van der Waals surface area contributed by atoms with E-state index < -0.39 is 0 Å². The number of guanidine groups is 1. The number of piperidine rings is 1. The number of likely N-dealkylation sites (tertiary alicyclic amines) is 1. The molecule has 6 heteroatoms. The molecule has 1 saturated heterocycles. The second kappa shape index (κ2) is 12.1. The Labute approximate surface area is 153 Å². The van der Waals surface area contributed by atoms with Crippen LogP contribution >= 0.6 is 0 Å². The first-order chi connectivity index (χ1) is 12.0. The van der Waals surface area contributed by atoms with Crippen LogP contribution in [0.15, 0.2) is 4.99 Å². The molecule has 0 aromatic carbocycles. The highest BCUT2D eigenvalue weighted by Gasteiger charge is 2.28. The number of ether oxygens (including phenoxy) is 2. The van der Waals surface area contributed by atoms with E-state index in [1.807, 2.05) is 13.8 Å². The molecule has 1 aliphatic rings. The topological polar surface area (TPSA) is 63.2 Å². The molecule has 6 nitrogen and oxygen atoms in total. The van der Waals surface area contributed by atoms with Crippen molar-refractivity contribution < 1.29 is 14.3 Å². The smallest absolute Gasteiger partial charge is 0.310 e. The van der Waals surface area contributed by atoms with Crippen molar-refractivity contribution in [3.05, 3.63) is 0 Å². The maximum atomic E-state index is 12.0.